The van der Waals surface area contributed by atoms with Crippen LogP contribution in [0.25, 0.3) is 6.08 Å². The summed E-state index contributed by atoms with van der Waals surface area (Å²) in [7, 11) is 1.51. The summed E-state index contributed by atoms with van der Waals surface area (Å²) >= 11 is 1.22. The number of ether oxygens (including phenoxy) is 2. The van der Waals surface area contributed by atoms with Crippen LogP contribution in [0.4, 0.5) is 14.5 Å². The summed E-state index contributed by atoms with van der Waals surface area (Å²) in [6.07, 6.45) is 1.74. The molecule has 5 aromatic rings. The number of halogens is 2. The minimum atomic E-state index is -0.813. The van der Waals surface area contributed by atoms with Crippen molar-refractivity contribution in [1.29, 1.82) is 0 Å². The molecule has 2 heterocycles. The number of nitrogens with zero attached hydrogens (tertiary/aromatic N) is 2. The highest BCUT2D eigenvalue weighted by Crippen LogP contribution is 2.31. The topological polar surface area (TPSA) is 81.9 Å². The second-order valence-corrected chi connectivity index (χ2v) is 11.7. The van der Waals surface area contributed by atoms with Crippen LogP contribution in [0.15, 0.2) is 112 Å². The van der Waals surface area contributed by atoms with Gasteiger partial charge in [-0.3, -0.25) is 14.2 Å². The van der Waals surface area contributed by atoms with E-state index in [0.29, 0.717) is 43.2 Å². The van der Waals surface area contributed by atoms with Gasteiger partial charge in [-0.05, 0) is 66.9 Å². The van der Waals surface area contributed by atoms with Crippen LogP contribution in [0.2, 0.25) is 0 Å². The Morgan fingerprint density at radius 3 is 2.46 bits per heavy atom. The summed E-state index contributed by atoms with van der Waals surface area (Å²) in [6, 6.07) is 24.6. The van der Waals surface area contributed by atoms with Gasteiger partial charge in [0.1, 0.15) is 18.2 Å². The Labute approximate surface area is 267 Å². The molecule has 46 heavy (non-hydrogen) atoms. The van der Waals surface area contributed by atoms with Gasteiger partial charge >= 0.3 is 0 Å². The molecule has 1 N–H and O–H groups in total. The van der Waals surface area contributed by atoms with Crippen molar-refractivity contribution >= 4 is 29.0 Å². The van der Waals surface area contributed by atoms with E-state index in [9.17, 15) is 18.4 Å². The quantitative estimate of drug-likeness (QED) is 0.225. The molecule has 1 aliphatic heterocycles. The fourth-order valence-electron chi connectivity index (χ4n) is 5.37. The average Bonchev–Trinajstić information content (AvgIpc) is 3.35. The summed E-state index contributed by atoms with van der Waals surface area (Å²) in [5.41, 5.74) is 4.24. The van der Waals surface area contributed by atoms with E-state index >= 15 is 0 Å². The Balaban J connectivity index is 1.39. The number of carbonyl (C=O) groups is 1. The lowest BCUT2D eigenvalue weighted by atomic mass is 9.95. The standard InChI is InChI=1S/C36H29F2N3O4S/c1-21-9-7-8-12-28(21)40-34(42)32-22(2)39-36-41(33(32)24-10-5-4-6-11-24)35(43)31(46-36)18-23-13-15-29(44-3)25(17-23)20-45-30-16-14-26(37)19-27(30)38/h4-19,33H,20H2,1-3H3,(H,40,42)/b31-18+. The highest BCUT2D eigenvalue weighted by Gasteiger charge is 2.32. The van der Waals surface area contributed by atoms with Gasteiger partial charge in [-0.2, -0.15) is 0 Å². The number of para-hydroxylation sites is 1. The molecule has 0 aliphatic carbocycles. The second kappa shape index (κ2) is 12.9. The van der Waals surface area contributed by atoms with Crippen LogP contribution in [-0.4, -0.2) is 17.6 Å². The lowest BCUT2D eigenvalue weighted by Gasteiger charge is -2.25. The molecule has 0 bridgehead atoms. The molecular formula is C36H29F2N3O4S. The molecule has 4 aromatic carbocycles. The molecule has 6 rings (SSSR count). The predicted octanol–water partition coefficient (Wildman–Crippen LogP) is 6.05. The van der Waals surface area contributed by atoms with Gasteiger partial charge in [0.05, 0.1) is 29.0 Å². The SMILES string of the molecule is COc1ccc(/C=c2/sc3n(c2=O)C(c2ccccc2)C(C(=O)Nc2ccccc2C)=C(C)N=3)cc1COc1ccc(F)cc1F. The Morgan fingerprint density at radius 2 is 1.72 bits per heavy atom. The van der Waals surface area contributed by atoms with E-state index in [-0.39, 0.29) is 23.8 Å². The van der Waals surface area contributed by atoms with E-state index in [2.05, 4.69) is 5.32 Å². The fraction of sp³-hybridized carbons (Fsp3) is 0.139. The van der Waals surface area contributed by atoms with E-state index in [1.807, 2.05) is 61.5 Å². The van der Waals surface area contributed by atoms with Crippen LogP contribution in [0.1, 0.15) is 35.2 Å². The molecule has 1 unspecified atom stereocenters. The molecule has 1 aromatic heterocycles. The number of allylic oxidation sites excluding steroid dienone is 1. The van der Waals surface area contributed by atoms with Crippen molar-refractivity contribution < 1.29 is 23.0 Å². The number of fused-ring (bicyclic) bond motifs is 1. The maximum absolute atomic E-state index is 14.2. The molecule has 0 fully saturated rings. The molecule has 0 saturated carbocycles. The normalized spacial score (nSPS) is 14.5. The van der Waals surface area contributed by atoms with Crippen LogP contribution in [0.3, 0.4) is 0 Å². The number of thiazole rings is 1. The second-order valence-electron chi connectivity index (χ2n) is 10.7. The average molecular weight is 638 g/mol. The Bertz CT molecular complexity index is 2170. The molecule has 0 saturated heterocycles. The molecule has 10 heteroatoms. The van der Waals surface area contributed by atoms with Gasteiger partial charge in [0.2, 0.25) is 0 Å². The Hall–Kier alpha value is -5.35. The number of benzene rings is 4. The van der Waals surface area contributed by atoms with Crippen molar-refractivity contribution in [2.75, 3.05) is 12.4 Å². The summed E-state index contributed by atoms with van der Waals surface area (Å²) in [4.78, 5) is 33.1. The maximum Gasteiger partial charge on any atom is 0.271 e. The first-order chi connectivity index (χ1) is 22.2. The summed E-state index contributed by atoms with van der Waals surface area (Å²) in [5.74, 6) is -1.44. The Kier molecular flexibility index (Phi) is 8.63. The molecule has 1 aliphatic rings. The number of methoxy groups -OCH3 is 1. The smallest absolute Gasteiger partial charge is 0.271 e. The number of hydrogen-bond donors (Lipinski definition) is 1. The van der Waals surface area contributed by atoms with Crippen LogP contribution in [0.5, 0.6) is 11.5 Å². The van der Waals surface area contributed by atoms with Crippen molar-refractivity contribution in [2.45, 2.75) is 26.5 Å². The van der Waals surface area contributed by atoms with Gasteiger partial charge in [-0.15, -0.1) is 0 Å². The number of amides is 1. The number of aromatic nitrogens is 1. The number of nitrogens with one attached hydrogen (secondary N) is 1. The highest BCUT2D eigenvalue weighted by molar-refractivity contribution is 7.07. The first kappa shape index (κ1) is 30.7. The lowest BCUT2D eigenvalue weighted by molar-refractivity contribution is -0.113. The first-order valence-electron chi connectivity index (χ1n) is 14.4. The summed E-state index contributed by atoms with van der Waals surface area (Å²) in [5, 5.41) is 3.01. The monoisotopic (exact) mass is 637 g/mol. The van der Waals surface area contributed by atoms with Crippen LogP contribution in [0, 0.1) is 18.6 Å². The zero-order valence-corrected chi connectivity index (χ0v) is 26.0. The third-order valence-electron chi connectivity index (χ3n) is 7.65. The lowest BCUT2D eigenvalue weighted by Crippen LogP contribution is -2.40. The minimum absolute atomic E-state index is 0.0543. The van der Waals surface area contributed by atoms with Gasteiger partial charge in [0.15, 0.2) is 16.4 Å². The molecular weight excluding hydrogens is 608 g/mol. The molecule has 1 atom stereocenters. The number of anilines is 1. The van der Waals surface area contributed by atoms with E-state index in [4.69, 9.17) is 14.5 Å². The van der Waals surface area contributed by atoms with E-state index in [1.54, 1.807) is 35.8 Å². The van der Waals surface area contributed by atoms with Crippen LogP contribution in [-0.2, 0) is 11.4 Å². The van der Waals surface area contributed by atoms with E-state index < -0.39 is 17.7 Å². The zero-order chi connectivity index (χ0) is 32.4. The predicted molar refractivity (Wildman–Crippen MR) is 174 cm³/mol. The summed E-state index contributed by atoms with van der Waals surface area (Å²) < 4.78 is 40.6. The molecule has 1 amide bonds. The van der Waals surface area contributed by atoms with Crippen LogP contribution < -0.4 is 29.7 Å². The van der Waals surface area contributed by atoms with Gasteiger partial charge in [0.25, 0.3) is 11.5 Å². The third kappa shape index (κ3) is 6.12. The summed E-state index contributed by atoms with van der Waals surface area (Å²) in [6.45, 7) is 3.64. The van der Waals surface area contributed by atoms with Crippen molar-refractivity contribution in [1.82, 2.24) is 4.57 Å². The van der Waals surface area contributed by atoms with E-state index in [0.717, 1.165) is 23.3 Å². The van der Waals surface area contributed by atoms with Gasteiger partial charge in [-0.25, -0.2) is 13.8 Å². The van der Waals surface area contributed by atoms with Gasteiger partial charge in [-0.1, -0.05) is 65.9 Å². The Morgan fingerprint density at radius 1 is 0.978 bits per heavy atom. The van der Waals surface area contributed by atoms with Crippen LogP contribution >= 0.6 is 11.3 Å². The molecule has 0 spiro atoms. The molecule has 7 nitrogen and oxygen atoms in total. The number of aryl methyl sites for hydroxylation is 1. The maximum atomic E-state index is 14.2. The van der Waals surface area contributed by atoms with Crippen molar-refractivity contribution in [3.63, 3.8) is 0 Å². The molecule has 0 radical (unpaired) electrons. The number of hydrogen-bond acceptors (Lipinski definition) is 6. The third-order valence-corrected chi connectivity index (χ3v) is 8.64. The largest absolute Gasteiger partial charge is 0.496 e. The van der Waals surface area contributed by atoms with Crippen molar-refractivity contribution in [3.8, 4) is 11.5 Å². The van der Waals surface area contributed by atoms with E-state index in [1.165, 1.54) is 24.5 Å². The van der Waals surface area contributed by atoms with Crippen molar-refractivity contribution in [2.24, 2.45) is 4.99 Å². The zero-order valence-electron chi connectivity index (χ0n) is 25.2. The molecule has 232 valence electrons. The van der Waals surface area contributed by atoms with Crippen molar-refractivity contribution in [3.05, 3.63) is 156 Å². The fourth-order valence-corrected chi connectivity index (χ4v) is 6.41. The first-order valence-corrected chi connectivity index (χ1v) is 15.2. The minimum Gasteiger partial charge on any atom is -0.496 e. The highest BCUT2D eigenvalue weighted by atomic mass is 32.1. The van der Waals surface area contributed by atoms with Gasteiger partial charge < -0.3 is 14.8 Å². The van der Waals surface area contributed by atoms with Gasteiger partial charge in [0, 0.05) is 17.3 Å². The number of carbonyl (C=O) groups excluding carboxylic acids is 1. The number of rotatable bonds is 8.